The van der Waals surface area contributed by atoms with Crippen LogP contribution in [0.5, 0.6) is 0 Å². The number of H-pyrrole nitrogens is 1. The highest BCUT2D eigenvalue weighted by molar-refractivity contribution is 5.35. The van der Waals surface area contributed by atoms with Crippen molar-refractivity contribution in [3.63, 3.8) is 0 Å². The molecule has 0 bridgehead atoms. The van der Waals surface area contributed by atoms with Crippen molar-refractivity contribution in [3.8, 4) is 6.07 Å². The lowest BCUT2D eigenvalue weighted by Gasteiger charge is -2.38. The Morgan fingerprint density at radius 3 is 2.55 bits per heavy atom. The summed E-state index contributed by atoms with van der Waals surface area (Å²) >= 11 is 0. The molecule has 120 valence electrons. The molecule has 3 rings (SSSR count). The van der Waals surface area contributed by atoms with Gasteiger partial charge in [0.15, 0.2) is 0 Å². The van der Waals surface area contributed by atoms with E-state index in [9.17, 15) is 0 Å². The lowest BCUT2D eigenvalue weighted by molar-refractivity contribution is 0.107. The van der Waals surface area contributed by atoms with E-state index in [-0.39, 0.29) is 0 Å². The molecule has 2 fully saturated rings. The van der Waals surface area contributed by atoms with Gasteiger partial charge in [-0.3, -0.25) is 4.90 Å². The van der Waals surface area contributed by atoms with Crippen molar-refractivity contribution < 1.29 is 0 Å². The van der Waals surface area contributed by atoms with Crippen molar-refractivity contribution in [2.24, 2.45) is 5.92 Å². The first-order chi connectivity index (χ1) is 10.7. The Bertz CT molecular complexity index is 528. The van der Waals surface area contributed by atoms with Crippen LogP contribution >= 0.6 is 0 Å². The molecule has 2 saturated heterocycles. The lowest BCUT2D eigenvalue weighted by atomic mass is 9.89. The summed E-state index contributed by atoms with van der Waals surface area (Å²) in [4.78, 5) is 8.56. The zero-order chi connectivity index (χ0) is 15.5. The van der Waals surface area contributed by atoms with Crippen molar-refractivity contribution >= 4 is 0 Å². The maximum absolute atomic E-state index is 9.05. The second kappa shape index (κ2) is 6.85. The predicted molar refractivity (Wildman–Crippen MR) is 88.5 cm³/mol. The van der Waals surface area contributed by atoms with Gasteiger partial charge in [-0.2, -0.15) is 5.26 Å². The minimum absolute atomic E-state index is 0.752. The van der Waals surface area contributed by atoms with E-state index in [1.807, 2.05) is 13.0 Å². The Kier molecular flexibility index (Phi) is 4.85. The number of aromatic amines is 1. The first kappa shape index (κ1) is 15.6. The maximum atomic E-state index is 9.05. The van der Waals surface area contributed by atoms with Crippen LogP contribution < -0.4 is 0 Å². The maximum Gasteiger partial charge on any atom is 0.101 e. The minimum Gasteiger partial charge on any atom is -0.360 e. The van der Waals surface area contributed by atoms with Crippen molar-refractivity contribution in [1.82, 2.24) is 14.8 Å². The molecule has 2 aliphatic rings. The van der Waals surface area contributed by atoms with Gasteiger partial charge < -0.3 is 9.88 Å². The first-order valence-electron chi connectivity index (χ1n) is 8.72. The molecule has 0 aliphatic carbocycles. The Labute approximate surface area is 134 Å². The summed E-state index contributed by atoms with van der Waals surface area (Å²) in [5.74, 6) is 0.856. The van der Waals surface area contributed by atoms with Crippen LogP contribution in [0.2, 0.25) is 0 Å². The number of nitrogens with zero attached hydrogens (tertiary/aromatic N) is 3. The van der Waals surface area contributed by atoms with Crippen molar-refractivity contribution in [2.75, 3.05) is 26.2 Å². The van der Waals surface area contributed by atoms with E-state index < -0.39 is 0 Å². The van der Waals surface area contributed by atoms with Gasteiger partial charge in [0.2, 0.25) is 0 Å². The van der Waals surface area contributed by atoms with Crippen LogP contribution in [0.4, 0.5) is 0 Å². The fourth-order valence-corrected chi connectivity index (χ4v) is 4.11. The van der Waals surface area contributed by atoms with Crippen LogP contribution in [0.3, 0.4) is 0 Å². The fourth-order valence-electron chi connectivity index (χ4n) is 4.11. The second-order valence-electron chi connectivity index (χ2n) is 7.04. The molecule has 4 heteroatoms. The van der Waals surface area contributed by atoms with Gasteiger partial charge in [0.05, 0.1) is 5.56 Å². The summed E-state index contributed by atoms with van der Waals surface area (Å²) in [5.41, 5.74) is 2.96. The Hall–Kier alpha value is -1.31. The van der Waals surface area contributed by atoms with Crippen LogP contribution in [0.15, 0.2) is 6.07 Å². The molecule has 0 amide bonds. The monoisotopic (exact) mass is 300 g/mol. The zero-order valence-electron chi connectivity index (χ0n) is 13.9. The third kappa shape index (κ3) is 3.37. The summed E-state index contributed by atoms with van der Waals surface area (Å²) in [7, 11) is 0. The number of likely N-dealkylation sites (tertiary alicyclic amines) is 2. The molecular weight excluding hydrogens is 272 g/mol. The van der Waals surface area contributed by atoms with E-state index >= 15 is 0 Å². The van der Waals surface area contributed by atoms with Gasteiger partial charge in [-0.1, -0.05) is 0 Å². The topological polar surface area (TPSA) is 46.1 Å². The Balaban J connectivity index is 1.50. The number of hydrogen-bond donors (Lipinski definition) is 1. The largest absolute Gasteiger partial charge is 0.360 e. The van der Waals surface area contributed by atoms with Crippen LogP contribution in [-0.4, -0.2) is 47.0 Å². The van der Waals surface area contributed by atoms with E-state index in [0.717, 1.165) is 29.8 Å². The number of rotatable bonds is 4. The van der Waals surface area contributed by atoms with Gasteiger partial charge in [-0.15, -0.1) is 0 Å². The van der Waals surface area contributed by atoms with Crippen LogP contribution in [0.1, 0.15) is 49.6 Å². The molecule has 0 saturated carbocycles. The molecule has 2 aliphatic heterocycles. The summed E-state index contributed by atoms with van der Waals surface area (Å²) in [5, 5.41) is 9.05. The molecular formula is C18H28N4. The minimum atomic E-state index is 0.752. The lowest BCUT2D eigenvalue weighted by Crippen LogP contribution is -2.42. The van der Waals surface area contributed by atoms with E-state index in [0.29, 0.717) is 0 Å². The van der Waals surface area contributed by atoms with Crippen molar-refractivity contribution in [2.45, 2.75) is 52.1 Å². The van der Waals surface area contributed by atoms with Crippen LogP contribution in [0, 0.1) is 24.2 Å². The normalized spacial score (nSPS) is 22.8. The standard InChI is InChI=1S/C18H28N4/c1-14-17(12-19)11-18(20-14)13-21-9-5-16(6-10-21)15(2)22-7-3-4-8-22/h11,15-16,20H,3-10,13H2,1-2H3. The SMILES string of the molecule is Cc1[nH]c(CN2CCC(C(C)N3CCCC3)CC2)cc1C#N. The van der Waals surface area contributed by atoms with Gasteiger partial charge in [0.1, 0.15) is 6.07 Å². The quantitative estimate of drug-likeness (QED) is 0.930. The Morgan fingerprint density at radius 1 is 1.27 bits per heavy atom. The molecule has 1 aromatic heterocycles. The molecule has 1 N–H and O–H groups in total. The number of hydrogen-bond acceptors (Lipinski definition) is 3. The van der Waals surface area contributed by atoms with Crippen LogP contribution in [0.25, 0.3) is 0 Å². The number of aryl methyl sites for hydroxylation is 1. The third-order valence-electron chi connectivity index (χ3n) is 5.62. The summed E-state index contributed by atoms with van der Waals surface area (Å²) in [6.45, 7) is 10.3. The highest BCUT2D eigenvalue weighted by Crippen LogP contribution is 2.27. The number of piperidine rings is 1. The number of nitriles is 1. The summed E-state index contributed by atoms with van der Waals surface area (Å²) in [6.07, 6.45) is 5.39. The molecule has 1 unspecified atom stereocenters. The van der Waals surface area contributed by atoms with E-state index in [4.69, 9.17) is 5.26 Å². The van der Waals surface area contributed by atoms with E-state index in [2.05, 4.69) is 27.8 Å². The summed E-state index contributed by atoms with van der Waals surface area (Å²) in [6, 6.07) is 5.01. The van der Waals surface area contributed by atoms with E-state index in [1.54, 1.807) is 0 Å². The predicted octanol–water partition coefficient (Wildman–Crippen LogP) is 2.89. The molecule has 4 nitrogen and oxygen atoms in total. The Morgan fingerprint density at radius 2 is 1.95 bits per heavy atom. The molecule has 1 aromatic rings. The first-order valence-corrected chi connectivity index (χ1v) is 8.72. The zero-order valence-corrected chi connectivity index (χ0v) is 13.9. The van der Waals surface area contributed by atoms with Gasteiger partial charge in [-0.25, -0.2) is 0 Å². The highest BCUT2D eigenvalue weighted by Gasteiger charge is 2.29. The van der Waals surface area contributed by atoms with Crippen molar-refractivity contribution in [3.05, 3.63) is 23.0 Å². The van der Waals surface area contributed by atoms with Gasteiger partial charge >= 0.3 is 0 Å². The third-order valence-corrected chi connectivity index (χ3v) is 5.62. The summed E-state index contributed by atoms with van der Waals surface area (Å²) < 4.78 is 0. The number of aromatic nitrogens is 1. The van der Waals surface area contributed by atoms with Gasteiger partial charge in [0, 0.05) is 24.0 Å². The smallest absolute Gasteiger partial charge is 0.101 e. The molecule has 0 aromatic carbocycles. The van der Waals surface area contributed by atoms with Gasteiger partial charge in [0.25, 0.3) is 0 Å². The van der Waals surface area contributed by atoms with Crippen molar-refractivity contribution in [1.29, 1.82) is 5.26 Å². The molecule has 22 heavy (non-hydrogen) atoms. The average molecular weight is 300 g/mol. The van der Waals surface area contributed by atoms with Crippen LogP contribution in [-0.2, 0) is 6.54 Å². The average Bonchev–Trinajstić information content (AvgIpc) is 3.17. The fraction of sp³-hybridized carbons (Fsp3) is 0.722. The molecule has 0 spiro atoms. The van der Waals surface area contributed by atoms with E-state index in [1.165, 1.54) is 57.6 Å². The highest BCUT2D eigenvalue weighted by atomic mass is 15.2. The molecule has 0 radical (unpaired) electrons. The second-order valence-corrected chi connectivity index (χ2v) is 7.04. The van der Waals surface area contributed by atoms with Gasteiger partial charge in [-0.05, 0) is 77.7 Å². The number of nitrogens with one attached hydrogen (secondary N) is 1. The molecule has 1 atom stereocenters. The molecule has 3 heterocycles.